The van der Waals surface area contributed by atoms with Crippen molar-refractivity contribution in [1.82, 2.24) is 14.8 Å². The van der Waals surface area contributed by atoms with Gasteiger partial charge in [-0.1, -0.05) is 30.3 Å². The summed E-state index contributed by atoms with van der Waals surface area (Å²) >= 11 is 0. The van der Waals surface area contributed by atoms with E-state index in [1.54, 1.807) is 6.92 Å². The minimum Gasteiger partial charge on any atom is -0.243 e. The highest BCUT2D eigenvalue weighted by Gasteiger charge is 2.23. The van der Waals surface area contributed by atoms with Gasteiger partial charge in [-0.15, -0.1) is 0 Å². The monoisotopic (exact) mass is 323 g/mol. The van der Waals surface area contributed by atoms with Crippen LogP contribution in [-0.2, 0) is 6.54 Å². The van der Waals surface area contributed by atoms with Crippen LogP contribution in [-0.4, -0.2) is 14.8 Å². The average Bonchev–Trinajstić information content (AvgIpc) is 2.83. The van der Waals surface area contributed by atoms with Crippen LogP contribution in [0.1, 0.15) is 35.4 Å². The van der Waals surface area contributed by atoms with Gasteiger partial charge in [-0.2, -0.15) is 5.10 Å². The van der Waals surface area contributed by atoms with Crippen molar-refractivity contribution < 1.29 is 17.6 Å². The van der Waals surface area contributed by atoms with E-state index in [1.165, 1.54) is 4.68 Å². The van der Waals surface area contributed by atoms with E-state index in [4.69, 9.17) is 0 Å². The first kappa shape index (κ1) is 15.5. The molecule has 3 aromatic rings. The molecule has 1 aromatic carbocycles. The van der Waals surface area contributed by atoms with Crippen molar-refractivity contribution in [1.29, 1.82) is 0 Å². The van der Waals surface area contributed by atoms with Gasteiger partial charge in [0.05, 0.1) is 17.6 Å². The summed E-state index contributed by atoms with van der Waals surface area (Å²) in [6.07, 6.45) is -5.79. The molecule has 0 fully saturated rings. The summed E-state index contributed by atoms with van der Waals surface area (Å²) in [6, 6.07) is 9.95. The number of hydrogen-bond donors (Lipinski definition) is 0. The van der Waals surface area contributed by atoms with Gasteiger partial charge in [0.2, 0.25) is 0 Å². The number of pyridine rings is 1. The summed E-state index contributed by atoms with van der Waals surface area (Å²) in [5, 5.41) is 4.34. The van der Waals surface area contributed by atoms with E-state index in [9.17, 15) is 17.6 Å². The quantitative estimate of drug-likeness (QED) is 0.654. The lowest BCUT2D eigenvalue weighted by atomic mass is 10.1. The molecule has 0 atom stereocenters. The molecular formula is C16H13F4N3. The maximum atomic E-state index is 13.2. The lowest BCUT2D eigenvalue weighted by Gasteiger charge is -2.08. The lowest BCUT2D eigenvalue weighted by molar-refractivity contribution is 0.141. The molecule has 7 heteroatoms. The van der Waals surface area contributed by atoms with Crippen LogP contribution in [0.15, 0.2) is 36.4 Å². The molecule has 0 bridgehead atoms. The largest absolute Gasteiger partial charge is 0.280 e. The van der Waals surface area contributed by atoms with Gasteiger partial charge in [0.1, 0.15) is 5.69 Å². The van der Waals surface area contributed by atoms with E-state index < -0.39 is 24.1 Å². The van der Waals surface area contributed by atoms with Crippen LogP contribution in [0.4, 0.5) is 17.6 Å². The van der Waals surface area contributed by atoms with Gasteiger partial charge in [0.15, 0.2) is 5.65 Å². The summed E-state index contributed by atoms with van der Waals surface area (Å²) in [4.78, 5) is 3.85. The van der Waals surface area contributed by atoms with Crippen molar-refractivity contribution in [3.05, 3.63) is 58.9 Å². The maximum absolute atomic E-state index is 13.2. The van der Waals surface area contributed by atoms with Crippen LogP contribution in [0.3, 0.4) is 0 Å². The Morgan fingerprint density at radius 1 is 1.04 bits per heavy atom. The minimum absolute atomic E-state index is 0.0550. The zero-order chi connectivity index (χ0) is 16.6. The lowest BCUT2D eigenvalue weighted by Crippen LogP contribution is -2.04. The fraction of sp³-hybridized carbons (Fsp3) is 0.250. The summed E-state index contributed by atoms with van der Waals surface area (Å²) in [5.74, 6) is 0. The predicted molar refractivity (Wildman–Crippen MR) is 77.7 cm³/mol. The highest BCUT2D eigenvalue weighted by molar-refractivity contribution is 5.82. The SMILES string of the molecule is Cc1nn(Cc2ccccc2)c2nc(C(F)F)cc(C(F)F)c12. The topological polar surface area (TPSA) is 30.7 Å². The molecule has 0 unspecified atom stereocenters. The number of nitrogens with zero attached hydrogens (tertiary/aromatic N) is 3. The predicted octanol–water partition coefficient (Wildman–Crippen LogP) is 4.66. The van der Waals surface area contributed by atoms with Crippen LogP contribution in [0.2, 0.25) is 0 Å². The molecule has 0 aliphatic heterocycles. The van der Waals surface area contributed by atoms with E-state index in [1.807, 2.05) is 30.3 Å². The Labute approximate surface area is 129 Å². The van der Waals surface area contributed by atoms with Gasteiger partial charge in [-0.05, 0) is 18.6 Å². The number of halogens is 4. The number of aromatic nitrogens is 3. The van der Waals surface area contributed by atoms with E-state index in [0.29, 0.717) is 5.69 Å². The normalized spacial score (nSPS) is 11.8. The van der Waals surface area contributed by atoms with Crippen molar-refractivity contribution in [2.75, 3.05) is 0 Å². The van der Waals surface area contributed by atoms with Crippen molar-refractivity contribution >= 4 is 11.0 Å². The molecule has 3 rings (SSSR count). The van der Waals surface area contributed by atoms with Gasteiger partial charge in [-0.25, -0.2) is 27.2 Å². The number of fused-ring (bicyclic) bond motifs is 1. The number of alkyl halides is 4. The molecule has 0 amide bonds. The van der Waals surface area contributed by atoms with Gasteiger partial charge >= 0.3 is 0 Å². The Balaban J connectivity index is 2.19. The zero-order valence-corrected chi connectivity index (χ0v) is 12.2. The van der Waals surface area contributed by atoms with Gasteiger partial charge < -0.3 is 0 Å². The molecule has 0 saturated carbocycles. The van der Waals surface area contributed by atoms with Crippen molar-refractivity contribution in [2.24, 2.45) is 0 Å². The molecule has 23 heavy (non-hydrogen) atoms. The first-order chi connectivity index (χ1) is 11.0. The van der Waals surface area contributed by atoms with E-state index in [0.717, 1.165) is 11.6 Å². The first-order valence-corrected chi connectivity index (χ1v) is 6.95. The minimum atomic E-state index is -2.92. The van der Waals surface area contributed by atoms with Gasteiger partial charge in [0.25, 0.3) is 12.9 Å². The molecule has 0 spiro atoms. The third-order valence-corrected chi connectivity index (χ3v) is 3.56. The summed E-state index contributed by atoms with van der Waals surface area (Å²) in [7, 11) is 0. The molecule has 2 aromatic heterocycles. The molecule has 3 nitrogen and oxygen atoms in total. The molecule has 0 N–H and O–H groups in total. The van der Waals surface area contributed by atoms with Crippen LogP contribution in [0, 0.1) is 6.92 Å². The van der Waals surface area contributed by atoms with Crippen LogP contribution in [0.25, 0.3) is 11.0 Å². The Hall–Kier alpha value is -2.44. The Morgan fingerprint density at radius 2 is 1.74 bits per heavy atom. The van der Waals surface area contributed by atoms with Crippen LogP contribution in [0.5, 0.6) is 0 Å². The van der Waals surface area contributed by atoms with E-state index in [2.05, 4.69) is 10.1 Å². The third-order valence-electron chi connectivity index (χ3n) is 3.56. The average molecular weight is 323 g/mol. The summed E-state index contributed by atoms with van der Waals surface area (Å²) < 4.78 is 53.8. The summed E-state index contributed by atoms with van der Waals surface area (Å²) in [5.41, 5.74) is 0.155. The van der Waals surface area contributed by atoms with Crippen molar-refractivity contribution in [2.45, 2.75) is 26.3 Å². The maximum Gasteiger partial charge on any atom is 0.280 e. The van der Waals surface area contributed by atoms with Crippen LogP contribution < -0.4 is 0 Å². The summed E-state index contributed by atoms with van der Waals surface area (Å²) in [6.45, 7) is 1.84. The fourth-order valence-electron chi connectivity index (χ4n) is 2.56. The molecule has 0 radical (unpaired) electrons. The van der Waals surface area contributed by atoms with Crippen LogP contribution >= 0.6 is 0 Å². The number of aryl methyl sites for hydroxylation is 1. The first-order valence-electron chi connectivity index (χ1n) is 6.95. The van der Waals surface area contributed by atoms with E-state index in [-0.39, 0.29) is 17.6 Å². The standard InChI is InChI=1S/C16H13F4N3/c1-9-13-11(14(17)18)7-12(15(19)20)21-16(13)23(22-9)8-10-5-3-2-4-6-10/h2-7,14-15H,8H2,1H3. The third kappa shape index (κ3) is 2.91. The number of benzene rings is 1. The molecule has 120 valence electrons. The molecule has 0 aliphatic carbocycles. The van der Waals surface area contributed by atoms with Crippen molar-refractivity contribution in [3.8, 4) is 0 Å². The number of rotatable bonds is 4. The molecular weight excluding hydrogens is 310 g/mol. The second-order valence-electron chi connectivity index (χ2n) is 5.17. The number of hydrogen-bond acceptors (Lipinski definition) is 2. The Kier molecular flexibility index (Phi) is 4.02. The zero-order valence-electron chi connectivity index (χ0n) is 12.2. The Morgan fingerprint density at radius 3 is 2.35 bits per heavy atom. The highest BCUT2D eigenvalue weighted by Crippen LogP contribution is 2.32. The molecule has 2 heterocycles. The smallest absolute Gasteiger partial charge is 0.243 e. The van der Waals surface area contributed by atoms with Gasteiger partial charge in [-0.3, -0.25) is 0 Å². The molecule has 0 aliphatic rings. The second-order valence-corrected chi connectivity index (χ2v) is 5.17. The Bertz CT molecular complexity index is 828. The van der Waals surface area contributed by atoms with Gasteiger partial charge in [0, 0.05) is 5.56 Å². The fourth-order valence-corrected chi connectivity index (χ4v) is 2.56. The molecule has 0 saturated heterocycles. The second kappa shape index (κ2) is 5.98. The highest BCUT2D eigenvalue weighted by atomic mass is 19.3. The van der Waals surface area contributed by atoms with E-state index >= 15 is 0 Å². The van der Waals surface area contributed by atoms with Crippen molar-refractivity contribution in [3.63, 3.8) is 0 Å².